The maximum atomic E-state index is 12.0. The molecule has 0 bridgehead atoms. The molecule has 8 heteroatoms. The molecule has 1 saturated heterocycles. The lowest BCUT2D eigenvalue weighted by molar-refractivity contribution is 0.0925. The molecule has 2 rings (SSSR count). The van der Waals surface area contributed by atoms with Gasteiger partial charge in [-0.1, -0.05) is 13.8 Å². The number of carbonyl (C=O) groups excluding carboxylic acids is 1. The van der Waals surface area contributed by atoms with E-state index in [0.29, 0.717) is 18.2 Å². The molecule has 1 aromatic heterocycles. The van der Waals surface area contributed by atoms with Crippen molar-refractivity contribution >= 4 is 35.8 Å². The zero-order valence-electron chi connectivity index (χ0n) is 17.7. The Morgan fingerprint density at radius 2 is 2.04 bits per heavy atom. The molecule has 1 unspecified atom stereocenters. The van der Waals surface area contributed by atoms with Gasteiger partial charge in [0.05, 0.1) is 6.26 Å². The Bertz CT molecular complexity index is 615. The minimum atomic E-state index is -0.152. The van der Waals surface area contributed by atoms with Crippen LogP contribution in [-0.2, 0) is 0 Å². The maximum absolute atomic E-state index is 12.0. The van der Waals surface area contributed by atoms with Crippen molar-refractivity contribution in [2.24, 2.45) is 10.9 Å². The molecular formula is C20H36IN5O2. The maximum Gasteiger partial charge on any atom is 0.287 e. The Morgan fingerprint density at radius 3 is 2.64 bits per heavy atom. The number of amides is 1. The second-order valence-electron chi connectivity index (χ2n) is 7.10. The van der Waals surface area contributed by atoms with Crippen LogP contribution in [0.2, 0.25) is 0 Å². The number of aliphatic imine (C=N–C) groups is 1. The van der Waals surface area contributed by atoms with E-state index in [1.807, 2.05) is 14.0 Å². The number of guanidine groups is 1. The van der Waals surface area contributed by atoms with Crippen LogP contribution in [0.25, 0.3) is 0 Å². The minimum absolute atomic E-state index is 0. The third kappa shape index (κ3) is 7.27. The van der Waals surface area contributed by atoms with Crippen molar-refractivity contribution in [2.45, 2.75) is 33.6 Å². The van der Waals surface area contributed by atoms with Crippen molar-refractivity contribution in [1.82, 2.24) is 20.4 Å². The summed E-state index contributed by atoms with van der Waals surface area (Å²) >= 11 is 0. The minimum Gasteiger partial charge on any atom is -0.459 e. The highest BCUT2D eigenvalue weighted by Crippen LogP contribution is 2.17. The van der Waals surface area contributed by atoms with E-state index < -0.39 is 0 Å². The fourth-order valence-corrected chi connectivity index (χ4v) is 3.53. The molecular weight excluding hydrogens is 469 g/mol. The number of aryl methyl sites for hydroxylation is 1. The molecule has 0 spiro atoms. The number of halogens is 1. The Hall–Kier alpha value is -1.29. The first-order valence-corrected chi connectivity index (χ1v) is 10.1. The van der Waals surface area contributed by atoms with Gasteiger partial charge in [-0.05, 0) is 44.8 Å². The average molecular weight is 505 g/mol. The molecule has 0 saturated carbocycles. The normalized spacial score (nSPS) is 17.0. The van der Waals surface area contributed by atoms with Gasteiger partial charge in [-0.2, -0.15) is 0 Å². The van der Waals surface area contributed by atoms with Crippen LogP contribution in [0.15, 0.2) is 21.7 Å². The van der Waals surface area contributed by atoms with E-state index in [2.05, 4.69) is 39.3 Å². The molecule has 0 aromatic carbocycles. The Morgan fingerprint density at radius 1 is 1.32 bits per heavy atom. The summed E-state index contributed by atoms with van der Waals surface area (Å²) in [6, 6.07) is 1.80. The van der Waals surface area contributed by atoms with E-state index in [0.717, 1.165) is 50.7 Å². The monoisotopic (exact) mass is 505 g/mol. The zero-order valence-corrected chi connectivity index (χ0v) is 20.0. The first-order chi connectivity index (χ1) is 13.1. The van der Waals surface area contributed by atoms with Crippen LogP contribution in [0, 0.1) is 12.8 Å². The van der Waals surface area contributed by atoms with E-state index in [1.54, 1.807) is 12.3 Å². The van der Waals surface area contributed by atoms with E-state index in [-0.39, 0.29) is 29.9 Å². The molecule has 1 atom stereocenters. The van der Waals surface area contributed by atoms with Crippen LogP contribution in [0.1, 0.15) is 42.8 Å². The first-order valence-electron chi connectivity index (χ1n) is 10.1. The number of carbonyl (C=O) groups is 1. The van der Waals surface area contributed by atoms with Gasteiger partial charge in [0.1, 0.15) is 0 Å². The fraction of sp³-hybridized carbons (Fsp3) is 0.700. The summed E-state index contributed by atoms with van der Waals surface area (Å²) in [5.41, 5.74) is 0.860. The SMILES string of the molecule is CCN(CC)CC1CCN(C(=NC)NCCCNC(=O)c2occc2C)C1.I. The van der Waals surface area contributed by atoms with Gasteiger partial charge in [-0.15, -0.1) is 24.0 Å². The van der Waals surface area contributed by atoms with Crippen LogP contribution in [0.4, 0.5) is 0 Å². The van der Waals surface area contributed by atoms with Crippen LogP contribution < -0.4 is 10.6 Å². The fourth-order valence-electron chi connectivity index (χ4n) is 3.53. The van der Waals surface area contributed by atoms with Gasteiger partial charge in [0.25, 0.3) is 5.91 Å². The summed E-state index contributed by atoms with van der Waals surface area (Å²) in [5, 5.41) is 6.32. The first kappa shape index (κ1) is 24.7. The lowest BCUT2D eigenvalue weighted by atomic mass is 10.1. The highest BCUT2D eigenvalue weighted by atomic mass is 127. The average Bonchev–Trinajstić information content (AvgIpc) is 3.31. The van der Waals surface area contributed by atoms with Gasteiger partial charge < -0.3 is 24.9 Å². The summed E-state index contributed by atoms with van der Waals surface area (Å²) in [6.07, 6.45) is 3.59. The van der Waals surface area contributed by atoms with Crippen LogP contribution in [-0.4, -0.2) is 74.5 Å². The van der Waals surface area contributed by atoms with Gasteiger partial charge in [-0.25, -0.2) is 0 Å². The molecule has 160 valence electrons. The van der Waals surface area contributed by atoms with E-state index >= 15 is 0 Å². The molecule has 0 aliphatic carbocycles. The summed E-state index contributed by atoms with van der Waals surface area (Å²) in [5.74, 6) is 1.92. The van der Waals surface area contributed by atoms with Crippen molar-refractivity contribution in [3.05, 3.63) is 23.7 Å². The third-order valence-corrected chi connectivity index (χ3v) is 5.20. The van der Waals surface area contributed by atoms with E-state index in [1.165, 1.54) is 13.0 Å². The van der Waals surface area contributed by atoms with Crippen LogP contribution in [0.3, 0.4) is 0 Å². The van der Waals surface area contributed by atoms with E-state index in [9.17, 15) is 4.79 Å². The molecule has 28 heavy (non-hydrogen) atoms. The topological polar surface area (TPSA) is 73.1 Å². The van der Waals surface area contributed by atoms with Crippen molar-refractivity contribution < 1.29 is 9.21 Å². The Kier molecular flexibility index (Phi) is 11.5. The van der Waals surface area contributed by atoms with Gasteiger partial charge >= 0.3 is 0 Å². The second-order valence-corrected chi connectivity index (χ2v) is 7.10. The molecule has 2 heterocycles. The zero-order chi connectivity index (χ0) is 19.6. The van der Waals surface area contributed by atoms with Crippen molar-refractivity contribution in [2.75, 3.05) is 52.9 Å². The lowest BCUT2D eigenvalue weighted by Gasteiger charge is -2.24. The quantitative estimate of drug-likeness (QED) is 0.234. The number of hydrogen-bond acceptors (Lipinski definition) is 4. The Labute approximate surface area is 186 Å². The summed E-state index contributed by atoms with van der Waals surface area (Å²) < 4.78 is 5.20. The predicted octanol–water partition coefficient (Wildman–Crippen LogP) is 2.57. The van der Waals surface area contributed by atoms with Crippen molar-refractivity contribution in [1.29, 1.82) is 0 Å². The Balaban J connectivity index is 0.00000392. The van der Waals surface area contributed by atoms with Gasteiger partial charge in [0.15, 0.2) is 11.7 Å². The summed E-state index contributed by atoms with van der Waals surface area (Å²) in [4.78, 5) is 21.3. The highest BCUT2D eigenvalue weighted by molar-refractivity contribution is 14.0. The molecule has 1 amide bonds. The van der Waals surface area contributed by atoms with Crippen LogP contribution in [0.5, 0.6) is 0 Å². The van der Waals surface area contributed by atoms with Crippen LogP contribution >= 0.6 is 24.0 Å². The lowest BCUT2D eigenvalue weighted by Crippen LogP contribution is -2.41. The number of rotatable bonds is 9. The largest absolute Gasteiger partial charge is 0.459 e. The number of furan rings is 1. The van der Waals surface area contributed by atoms with Gasteiger partial charge in [0.2, 0.25) is 0 Å². The molecule has 1 fully saturated rings. The third-order valence-electron chi connectivity index (χ3n) is 5.20. The van der Waals surface area contributed by atoms with E-state index in [4.69, 9.17) is 4.42 Å². The summed E-state index contributed by atoms with van der Waals surface area (Å²) in [7, 11) is 1.83. The molecule has 0 radical (unpaired) electrons. The van der Waals surface area contributed by atoms with Gasteiger partial charge in [0, 0.05) is 45.3 Å². The van der Waals surface area contributed by atoms with Crippen molar-refractivity contribution in [3.63, 3.8) is 0 Å². The number of nitrogens with zero attached hydrogens (tertiary/aromatic N) is 3. The van der Waals surface area contributed by atoms with Gasteiger partial charge in [-0.3, -0.25) is 9.79 Å². The highest BCUT2D eigenvalue weighted by Gasteiger charge is 2.25. The number of likely N-dealkylation sites (tertiary alicyclic amines) is 1. The molecule has 1 aromatic rings. The molecule has 1 aliphatic heterocycles. The second kappa shape index (κ2) is 13.0. The molecule has 7 nitrogen and oxygen atoms in total. The predicted molar refractivity (Wildman–Crippen MR) is 125 cm³/mol. The molecule has 1 aliphatic rings. The summed E-state index contributed by atoms with van der Waals surface area (Å²) in [6.45, 7) is 13.2. The van der Waals surface area contributed by atoms with Crippen molar-refractivity contribution in [3.8, 4) is 0 Å². The number of hydrogen-bond donors (Lipinski definition) is 2. The number of nitrogens with one attached hydrogen (secondary N) is 2. The smallest absolute Gasteiger partial charge is 0.287 e. The standard InChI is InChI=1S/C20H35N5O2.HI/c1-5-24(6-2)14-17-8-12-25(15-17)20(21-4)23-11-7-10-22-19(26)18-16(3)9-13-27-18;/h9,13,17H,5-8,10-12,14-15H2,1-4H3,(H,21,23)(H,22,26);1H. The molecule has 2 N–H and O–H groups in total.